The number of fused-ring (bicyclic) bond motifs is 1. The van der Waals surface area contributed by atoms with Crippen molar-refractivity contribution >= 4 is 38.4 Å². The third kappa shape index (κ3) is 3.83. The maximum Gasteiger partial charge on any atom is 0.270 e. The van der Waals surface area contributed by atoms with Gasteiger partial charge >= 0.3 is 0 Å². The Kier molecular flexibility index (Phi) is 5.24. The van der Waals surface area contributed by atoms with Gasteiger partial charge < -0.3 is 14.6 Å². The van der Waals surface area contributed by atoms with Crippen LogP contribution in [-0.2, 0) is 10.0 Å². The number of hydrogen-bond donors (Lipinski definition) is 1. The molecule has 1 aromatic heterocycles. The first-order valence-electron chi connectivity index (χ1n) is 9.10. The van der Waals surface area contributed by atoms with E-state index in [0.717, 1.165) is 10.9 Å². The van der Waals surface area contributed by atoms with Crippen molar-refractivity contribution < 1.29 is 17.9 Å². The molecule has 1 saturated heterocycles. The van der Waals surface area contributed by atoms with Crippen LogP contribution in [0.5, 0.6) is 5.75 Å². The van der Waals surface area contributed by atoms with E-state index in [0.29, 0.717) is 29.6 Å². The number of hydrogen-bond acceptors (Lipinski definition) is 4. The van der Waals surface area contributed by atoms with Gasteiger partial charge in [0.05, 0.1) is 12.0 Å². The van der Waals surface area contributed by atoms with Crippen LogP contribution >= 0.6 is 11.6 Å². The summed E-state index contributed by atoms with van der Waals surface area (Å²) in [6.07, 6.45) is 0. The molecular weight excluding hydrogens is 414 g/mol. The third-order valence-electron chi connectivity index (χ3n) is 5.02. The summed E-state index contributed by atoms with van der Waals surface area (Å²) < 4.78 is 32.2. The molecule has 7 nitrogen and oxygen atoms in total. The lowest BCUT2D eigenvalue weighted by Gasteiger charge is -2.33. The number of carbonyl (C=O) groups excluding carboxylic acids is 1. The summed E-state index contributed by atoms with van der Waals surface area (Å²) in [5, 5.41) is 1.28. The van der Waals surface area contributed by atoms with Gasteiger partial charge in [-0.3, -0.25) is 4.79 Å². The van der Waals surface area contributed by atoms with Crippen molar-refractivity contribution in [1.29, 1.82) is 0 Å². The maximum absolute atomic E-state index is 12.9. The zero-order valence-corrected chi connectivity index (χ0v) is 17.3. The molecular formula is C20H20ClN3O4S. The summed E-state index contributed by atoms with van der Waals surface area (Å²) in [4.78, 5) is 17.8. The number of piperazine rings is 1. The number of rotatable bonds is 4. The normalized spacial score (nSPS) is 15.6. The van der Waals surface area contributed by atoms with Crippen LogP contribution in [0.1, 0.15) is 10.5 Å². The number of nitrogens with one attached hydrogen (secondary N) is 1. The van der Waals surface area contributed by atoms with Crippen LogP contribution in [0.3, 0.4) is 0 Å². The summed E-state index contributed by atoms with van der Waals surface area (Å²) in [6.45, 7) is 1.10. The summed E-state index contributed by atoms with van der Waals surface area (Å²) in [7, 11) is -2.05. The standard InChI is InChI=1S/C20H20ClN3O4S/c1-28-16-6-5-14-11-19(22-18(14)13-16)20(25)23-7-9-24(10-8-23)29(26,27)17-4-2-3-15(21)12-17/h2-6,11-13,22H,7-10H2,1H3. The molecule has 1 N–H and O–H groups in total. The zero-order chi connectivity index (χ0) is 20.6. The molecule has 1 aliphatic heterocycles. The molecule has 0 saturated carbocycles. The van der Waals surface area contributed by atoms with E-state index < -0.39 is 10.0 Å². The molecule has 0 unspecified atom stereocenters. The van der Waals surface area contributed by atoms with Gasteiger partial charge in [0.1, 0.15) is 11.4 Å². The second kappa shape index (κ2) is 7.70. The predicted octanol–water partition coefficient (Wildman–Crippen LogP) is 2.98. The molecule has 1 fully saturated rings. The summed E-state index contributed by atoms with van der Waals surface area (Å²) in [5.41, 5.74) is 1.29. The van der Waals surface area contributed by atoms with Crippen molar-refractivity contribution in [2.75, 3.05) is 33.3 Å². The second-order valence-electron chi connectivity index (χ2n) is 6.79. The maximum atomic E-state index is 12.9. The number of amides is 1. The first-order chi connectivity index (χ1) is 13.9. The van der Waals surface area contributed by atoms with Crippen LogP contribution in [0, 0.1) is 0 Å². The average Bonchev–Trinajstić information content (AvgIpc) is 3.16. The van der Waals surface area contributed by atoms with Crippen molar-refractivity contribution in [3.8, 4) is 5.75 Å². The lowest BCUT2D eigenvalue weighted by Crippen LogP contribution is -2.50. The van der Waals surface area contributed by atoms with Crippen molar-refractivity contribution in [2.45, 2.75) is 4.90 Å². The molecule has 0 atom stereocenters. The molecule has 0 radical (unpaired) electrons. The summed E-state index contributed by atoms with van der Waals surface area (Å²) in [6, 6.07) is 13.6. The van der Waals surface area contributed by atoms with Gasteiger partial charge in [-0.1, -0.05) is 17.7 Å². The molecule has 29 heavy (non-hydrogen) atoms. The van der Waals surface area contributed by atoms with Gasteiger partial charge in [-0.05, 0) is 36.4 Å². The van der Waals surface area contributed by atoms with Gasteiger partial charge in [-0.2, -0.15) is 4.31 Å². The minimum Gasteiger partial charge on any atom is -0.497 e. The Morgan fingerprint density at radius 1 is 1.07 bits per heavy atom. The Bertz CT molecular complexity index is 1170. The SMILES string of the molecule is COc1ccc2cc(C(=O)N3CCN(S(=O)(=O)c4cccc(Cl)c4)CC3)[nH]c2c1. The Hall–Kier alpha value is -2.55. The van der Waals surface area contributed by atoms with Crippen molar-refractivity contribution in [3.63, 3.8) is 0 Å². The largest absolute Gasteiger partial charge is 0.497 e. The fraction of sp³-hybridized carbons (Fsp3) is 0.250. The van der Waals surface area contributed by atoms with E-state index >= 15 is 0 Å². The van der Waals surface area contributed by atoms with Gasteiger partial charge in [-0.25, -0.2) is 8.42 Å². The van der Waals surface area contributed by atoms with E-state index in [1.165, 1.54) is 16.4 Å². The number of benzene rings is 2. The molecule has 0 bridgehead atoms. The van der Waals surface area contributed by atoms with Gasteiger partial charge in [0.15, 0.2) is 0 Å². The lowest BCUT2D eigenvalue weighted by atomic mass is 10.2. The van der Waals surface area contributed by atoms with Gasteiger partial charge in [0.2, 0.25) is 10.0 Å². The fourth-order valence-corrected chi connectivity index (χ4v) is 5.15. The topological polar surface area (TPSA) is 82.7 Å². The third-order valence-corrected chi connectivity index (χ3v) is 7.15. The number of methoxy groups -OCH3 is 1. The highest BCUT2D eigenvalue weighted by molar-refractivity contribution is 7.89. The summed E-state index contributed by atoms with van der Waals surface area (Å²) in [5.74, 6) is 0.554. The van der Waals surface area contributed by atoms with E-state index in [2.05, 4.69) is 4.98 Å². The Morgan fingerprint density at radius 2 is 1.83 bits per heavy atom. The highest BCUT2D eigenvalue weighted by Crippen LogP contribution is 2.24. The van der Waals surface area contributed by atoms with Crippen LogP contribution in [0.15, 0.2) is 53.4 Å². The number of ether oxygens (including phenoxy) is 1. The van der Waals surface area contributed by atoms with E-state index in [1.807, 2.05) is 18.2 Å². The van der Waals surface area contributed by atoms with E-state index in [-0.39, 0.29) is 23.9 Å². The second-order valence-corrected chi connectivity index (χ2v) is 9.16. The van der Waals surface area contributed by atoms with Crippen molar-refractivity contribution in [3.05, 3.63) is 59.2 Å². The minimum atomic E-state index is -3.64. The quantitative estimate of drug-likeness (QED) is 0.685. The van der Waals surface area contributed by atoms with Gasteiger partial charge in [0, 0.05) is 48.2 Å². The van der Waals surface area contributed by atoms with E-state index in [4.69, 9.17) is 16.3 Å². The number of sulfonamides is 1. The van der Waals surface area contributed by atoms with E-state index in [1.54, 1.807) is 30.2 Å². The zero-order valence-electron chi connectivity index (χ0n) is 15.8. The summed E-state index contributed by atoms with van der Waals surface area (Å²) >= 11 is 5.93. The monoisotopic (exact) mass is 433 g/mol. The molecule has 3 aromatic rings. The smallest absolute Gasteiger partial charge is 0.270 e. The fourth-order valence-electron chi connectivity index (χ4n) is 3.43. The Labute approximate surface area is 173 Å². The molecule has 1 aliphatic rings. The highest BCUT2D eigenvalue weighted by atomic mass is 35.5. The molecule has 4 rings (SSSR count). The van der Waals surface area contributed by atoms with Crippen molar-refractivity contribution in [2.24, 2.45) is 0 Å². The first kappa shape index (κ1) is 19.8. The molecule has 9 heteroatoms. The van der Waals surface area contributed by atoms with Crippen LogP contribution in [-0.4, -0.2) is 61.8 Å². The van der Waals surface area contributed by atoms with E-state index in [9.17, 15) is 13.2 Å². The minimum absolute atomic E-state index is 0.153. The number of carbonyl (C=O) groups is 1. The molecule has 152 valence electrons. The molecule has 1 amide bonds. The molecule has 0 aliphatic carbocycles. The van der Waals surface area contributed by atoms with Crippen LogP contribution in [0.2, 0.25) is 5.02 Å². The number of nitrogens with zero attached hydrogens (tertiary/aromatic N) is 2. The van der Waals surface area contributed by atoms with Crippen LogP contribution < -0.4 is 4.74 Å². The first-order valence-corrected chi connectivity index (χ1v) is 10.9. The Balaban J connectivity index is 1.47. The molecule has 2 aromatic carbocycles. The van der Waals surface area contributed by atoms with Gasteiger partial charge in [-0.15, -0.1) is 0 Å². The van der Waals surface area contributed by atoms with Gasteiger partial charge in [0.25, 0.3) is 5.91 Å². The molecule has 2 heterocycles. The number of aromatic nitrogens is 1. The Morgan fingerprint density at radius 3 is 2.52 bits per heavy atom. The highest BCUT2D eigenvalue weighted by Gasteiger charge is 2.31. The number of halogens is 1. The average molecular weight is 434 g/mol. The number of H-pyrrole nitrogens is 1. The lowest BCUT2D eigenvalue weighted by molar-refractivity contribution is 0.0693. The van der Waals surface area contributed by atoms with Crippen LogP contribution in [0.4, 0.5) is 0 Å². The molecule has 0 spiro atoms. The van der Waals surface area contributed by atoms with Crippen LogP contribution in [0.25, 0.3) is 10.9 Å². The van der Waals surface area contributed by atoms with Crippen molar-refractivity contribution in [1.82, 2.24) is 14.2 Å². The predicted molar refractivity (Wildman–Crippen MR) is 111 cm³/mol. The number of aromatic amines is 1.